The molecule has 1 aromatic rings. The SMILES string of the molecule is CC(C)(C)N(O)N1C=C(NC(=O)c2ccccc2)N=CC1. The zero-order chi connectivity index (χ0) is 15.5. The van der Waals surface area contributed by atoms with Gasteiger partial charge in [-0.15, -0.1) is 0 Å². The molecule has 6 heteroatoms. The summed E-state index contributed by atoms with van der Waals surface area (Å²) in [5.41, 5.74) is 0.110. The molecule has 0 saturated carbocycles. The van der Waals surface area contributed by atoms with Crippen molar-refractivity contribution in [2.45, 2.75) is 26.3 Å². The summed E-state index contributed by atoms with van der Waals surface area (Å²) in [7, 11) is 0. The third-order valence-corrected chi connectivity index (χ3v) is 2.89. The molecule has 0 saturated heterocycles. The fraction of sp³-hybridized carbons (Fsp3) is 0.333. The van der Waals surface area contributed by atoms with E-state index < -0.39 is 5.54 Å². The number of aliphatic imine (C=N–C) groups is 1. The van der Waals surface area contributed by atoms with E-state index in [9.17, 15) is 10.0 Å². The lowest BCUT2D eigenvalue weighted by atomic mass is 10.1. The molecule has 112 valence electrons. The van der Waals surface area contributed by atoms with Crippen molar-refractivity contribution in [3.05, 3.63) is 47.9 Å². The molecular weight excluding hydrogens is 268 g/mol. The zero-order valence-electron chi connectivity index (χ0n) is 12.4. The summed E-state index contributed by atoms with van der Waals surface area (Å²) in [6, 6.07) is 8.91. The molecule has 0 radical (unpaired) electrons. The van der Waals surface area contributed by atoms with E-state index in [1.165, 1.54) is 0 Å². The van der Waals surface area contributed by atoms with Gasteiger partial charge in [-0.2, -0.15) is 0 Å². The van der Waals surface area contributed by atoms with Crippen molar-refractivity contribution < 1.29 is 10.0 Å². The second-order valence-electron chi connectivity index (χ2n) is 5.73. The molecule has 2 rings (SSSR count). The highest BCUT2D eigenvalue weighted by molar-refractivity contribution is 5.95. The van der Waals surface area contributed by atoms with Crippen molar-refractivity contribution in [2.75, 3.05) is 6.54 Å². The molecule has 1 aromatic carbocycles. The number of amides is 1. The Hall–Kier alpha value is -2.18. The maximum absolute atomic E-state index is 12.1. The summed E-state index contributed by atoms with van der Waals surface area (Å²) in [5, 5.41) is 15.5. The number of hydrogen-bond acceptors (Lipinski definition) is 5. The first-order valence-corrected chi connectivity index (χ1v) is 6.74. The number of hydrazine groups is 1. The lowest BCUT2D eigenvalue weighted by Gasteiger charge is -2.38. The molecule has 0 atom stereocenters. The topological polar surface area (TPSA) is 68.2 Å². The summed E-state index contributed by atoms with van der Waals surface area (Å²) in [5.74, 6) is 0.152. The van der Waals surface area contributed by atoms with E-state index in [2.05, 4.69) is 10.3 Å². The minimum absolute atomic E-state index is 0.235. The smallest absolute Gasteiger partial charge is 0.256 e. The predicted octanol–water partition coefficient (Wildman–Crippen LogP) is 2.01. The first-order chi connectivity index (χ1) is 9.88. The molecule has 0 spiro atoms. The van der Waals surface area contributed by atoms with Gasteiger partial charge in [-0.1, -0.05) is 23.4 Å². The van der Waals surface area contributed by atoms with E-state index in [-0.39, 0.29) is 5.91 Å². The fourth-order valence-corrected chi connectivity index (χ4v) is 1.81. The van der Waals surface area contributed by atoms with Crippen molar-refractivity contribution >= 4 is 12.1 Å². The maximum Gasteiger partial charge on any atom is 0.256 e. The summed E-state index contributed by atoms with van der Waals surface area (Å²) in [4.78, 5) is 16.2. The van der Waals surface area contributed by atoms with Gasteiger partial charge in [0.25, 0.3) is 5.91 Å². The van der Waals surface area contributed by atoms with Crippen LogP contribution >= 0.6 is 0 Å². The molecule has 0 aliphatic carbocycles. The average molecular weight is 288 g/mol. The lowest BCUT2D eigenvalue weighted by Crippen LogP contribution is -2.50. The molecule has 6 nitrogen and oxygen atoms in total. The van der Waals surface area contributed by atoms with E-state index in [1.807, 2.05) is 26.8 Å². The summed E-state index contributed by atoms with van der Waals surface area (Å²) < 4.78 is 0. The van der Waals surface area contributed by atoms with Gasteiger partial charge in [0.15, 0.2) is 0 Å². The van der Waals surface area contributed by atoms with Crippen LogP contribution < -0.4 is 5.32 Å². The molecule has 1 aliphatic rings. The van der Waals surface area contributed by atoms with Gasteiger partial charge in [0.05, 0.1) is 18.3 Å². The number of rotatable bonds is 3. The molecule has 0 fully saturated rings. The van der Waals surface area contributed by atoms with Crippen LogP contribution in [0.25, 0.3) is 0 Å². The zero-order valence-corrected chi connectivity index (χ0v) is 12.4. The Morgan fingerprint density at radius 1 is 1.33 bits per heavy atom. The summed E-state index contributed by atoms with van der Waals surface area (Å²) >= 11 is 0. The molecule has 0 bridgehead atoms. The van der Waals surface area contributed by atoms with Crippen molar-refractivity contribution in [3.63, 3.8) is 0 Å². The van der Waals surface area contributed by atoms with Gasteiger partial charge in [0.2, 0.25) is 0 Å². The standard InChI is InChI=1S/C15H20N4O2/c1-15(2,3)19(21)18-10-9-16-13(11-18)17-14(20)12-7-5-4-6-8-12/h4-9,11,21H,10H2,1-3H3,(H,17,20). The van der Waals surface area contributed by atoms with Crippen LogP contribution in [0.4, 0.5) is 0 Å². The molecule has 0 aromatic heterocycles. The number of carbonyl (C=O) groups excluding carboxylic acids is 1. The van der Waals surface area contributed by atoms with Gasteiger partial charge in [-0.25, -0.2) is 4.99 Å². The largest absolute Gasteiger partial charge is 0.305 e. The molecule has 0 unspecified atom stereocenters. The number of hydroxylamine groups is 1. The summed E-state index contributed by atoms with van der Waals surface area (Å²) in [6.45, 7) is 6.09. The van der Waals surface area contributed by atoms with Crippen LogP contribution in [-0.2, 0) is 0 Å². The van der Waals surface area contributed by atoms with Crippen LogP contribution in [0.5, 0.6) is 0 Å². The van der Waals surface area contributed by atoms with Crippen molar-refractivity contribution in [2.24, 2.45) is 4.99 Å². The van der Waals surface area contributed by atoms with Gasteiger partial charge in [-0.3, -0.25) is 15.0 Å². The molecule has 21 heavy (non-hydrogen) atoms. The van der Waals surface area contributed by atoms with Gasteiger partial charge in [0, 0.05) is 11.8 Å². The van der Waals surface area contributed by atoms with Gasteiger partial charge < -0.3 is 5.32 Å². The lowest BCUT2D eigenvalue weighted by molar-refractivity contribution is -0.270. The third kappa shape index (κ3) is 3.90. The minimum atomic E-state index is -0.448. The number of carbonyl (C=O) groups is 1. The normalized spacial score (nSPS) is 15.1. The first-order valence-electron chi connectivity index (χ1n) is 6.74. The Bertz CT molecular complexity index is 561. The highest BCUT2D eigenvalue weighted by atomic mass is 16.6. The quantitative estimate of drug-likeness (QED) is 0.835. The maximum atomic E-state index is 12.1. The Morgan fingerprint density at radius 3 is 2.62 bits per heavy atom. The van der Waals surface area contributed by atoms with Crippen LogP contribution in [0, 0.1) is 0 Å². The van der Waals surface area contributed by atoms with Crippen LogP contribution in [0.15, 0.2) is 47.3 Å². The van der Waals surface area contributed by atoms with E-state index in [1.54, 1.807) is 41.7 Å². The van der Waals surface area contributed by atoms with Crippen LogP contribution in [0.3, 0.4) is 0 Å². The predicted molar refractivity (Wildman–Crippen MR) is 80.6 cm³/mol. The highest BCUT2D eigenvalue weighted by Crippen LogP contribution is 2.16. The average Bonchev–Trinajstić information content (AvgIpc) is 2.46. The number of nitrogens with one attached hydrogen (secondary N) is 1. The number of hydrogen-bond donors (Lipinski definition) is 2. The van der Waals surface area contributed by atoms with Gasteiger partial charge in [-0.05, 0) is 32.9 Å². The Kier molecular flexibility index (Phi) is 4.40. The van der Waals surface area contributed by atoms with E-state index in [0.29, 0.717) is 17.9 Å². The Balaban J connectivity index is 2.08. The van der Waals surface area contributed by atoms with E-state index in [4.69, 9.17) is 0 Å². The second kappa shape index (κ2) is 6.07. The van der Waals surface area contributed by atoms with Gasteiger partial charge in [0.1, 0.15) is 5.82 Å². The van der Waals surface area contributed by atoms with E-state index >= 15 is 0 Å². The van der Waals surface area contributed by atoms with Crippen LogP contribution in [0.1, 0.15) is 31.1 Å². The summed E-state index contributed by atoms with van der Waals surface area (Å²) in [6.07, 6.45) is 3.24. The third-order valence-electron chi connectivity index (χ3n) is 2.89. The first kappa shape index (κ1) is 15.2. The fourth-order valence-electron chi connectivity index (χ4n) is 1.81. The van der Waals surface area contributed by atoms with Gasteiger partial charge >= 0.3 is 0 Å². The van der Waals surface area contributed by atoms with Crippen molar-refractivity contribution in [3.8, 4) is 0 Å². The second-order valence-corrected chi connectivity index (χ2v) is 5.73. The molecular formula is C15H20N4O2. The minimum Gasteiger partial charge on any atom is -0.305 e. The molecule has 1 heterocycles. The highest BCUT2D eigenvalue weighted by Gasteiger charge is 2.25. The van der Waals surface area contributed by atoms with Crippen molar-refractivity contribution in [1.82, 2.24) is 15.5 Å². The Morgan fingerprint density at radius 2 is 2.00 bits per heavy atom. The van der Waals surface area contributed by atoms with E-state index in [0.717, 1.165) is 5.17 Å². The number of nitrogens with zero attached hydrogens (tertiary/aromatic N) is 3. The number of benzene rings is 1. The molecule has 1 amide bonds. The van der Waals surface area contributed by atoms with Crippen molar-refractivity contribution in [1.29, 1.82) is 0 Å². The van der Waals surface area contributed by atoms with Crippen LogP contribution in [0.2, 0.25) is 0 Å². The molecule has 2 N–H and O–H groups in total. The molecule has 1 aliphatic heterocycles. The Labute approximate surface area is 124 Å². The van der Waals surface area contributed by atoms with Crippen LogP contribution in [-0.4, -0.2) is 39.6 Å². The monoisotopic (exact) mass is 288 g/mol.